The summed E-state index contributed by atoms with van der Waals surface area (Å²) in [6.07, 6.45) is 22.0. The monoisotopic (exact) mass is 453 g/mol. The molecule has 188 valence electrons. The first kappa shape index (κ1) is 30.6. The molecule has 0 aromatic carbocycles. The second kappa shape index (κ2) is 22.8. The topological polar surface area (TPSA) is 74.7 Å². The predicted molar refractivity (Wildman–Crippen MR) is 133 cm³/mol. The molecule has 0 radical (unpaired) electrons. The van der Waals surface area contributed by atoms with E-state index in [2.05, 4.69) is 13.8 Å². The number of carboxylic acids is 1. The zero-order valence-electron chi connectivity index (χ0n) is 21.2. The molecule has 5 heteroatoms. The molecular weight excluding hydrogens is 402 g/mol. The Hall–Kier alpha value is -1.39. The number of unbranched alkanes of at least 4 members (excludes halogenated alkanes) is 16. The fraction of sp³-hybridized carbons (Fsp3) is 0.889. The molecule has 0 unspecified atom stereocenters. The lowest BCUT2D eigenvalue weighted by molar-refractivity contribution is -0.145. The van der Waals surface area contributed by atoms with E-state index in [0.717, 1.165) is 38.5 Å². The predicted octanol–water partition coefficient (Wildman–Crippen LogP) is 7.31. The molecule has 0 aromatic rings. The molecule has 1 amide bonds. The maximum Gasteiger partial charge on any atom is 0.323 e. The van der Waals surface area contributed by atoms with Gasteiger partial charge in [0.2, 0.25) is 5.91 Å². The Morgan fingerprint density at radius 2 is 0.906 bits per heavy atom. The van der Waals surface area contributed by atoms with Gasteiger partial charge in [-0.05, 0) is 12.8 Å². The summed E-state index contributed by atoms with van der Waals surface area (Å²) in [6, 6.07) is 0. The van der Waals surface area contributed by atoms with E-state index in [1.54, 1.807) is 0 Å². The number of Topliss-reactive ketones (excluding diaryl/α,β-unsaturated/α-hetero) is 1. The Bertz CT molecular complexity index is 478. The normalized spacial score (nSPS) is 10.9. The number of carboxylic acid groups (broad SMARTS) is 1. The van der Waals surface area contributed by atoms with Crippen molar-refractivity contribution in [2.45, 2.75) is 142 Å². The van der Waals surface area contributed by atoms with Gasteiger partial charge in [0, 0.05) is 12.8 Å². The highest BCUT2D eigenvalue weighted by Gasteiger charge is 2.19. The SMILES string of the molecule is CCCCCCCCCCCC(=O)CN(CC(=O)O)C(=O)CCCCCCCCCCC. The average molecular weight is 454 g/mol. The minimum absolute atomic E-state index is 0.0189. The van der Waals surface area contributed by atoms with Gasteiger partial charge in [-0.1, -0.05) is 117 Å². The Balaban J connectivity index is 3.95. The molecule has 1 N–H and O–H groups in total. The highest BCUT2D eigenvalue weighted by Crippen LogP contribution is 2.13. The third-order valence-electron chi connectivity index (χ3n) is 6.10. The standard InChI is InChI=1S/C27H51NO4/c1-3-5-7-9-11-13-15-17-19-21-25(29)23-28(24-27(31)32)26(30)22-20-18-16-14-12-10-8-6-4-2/h3-24H2,1-2H3,(H,31,32). The number of hydrogen-bond donors (Lipinski definition) is 1. The van der Waals surface area contributed by atoms with Gasteiger partial charge in [-0.15, -0.1) is 0 Å². The number of carbonyl (C=O) groups is 3. The second-order valence-electron chi connectivity index (χ2n) is 9.34. The van der Waals surface area contributed by atoms with Gasteiger partial charge in [-0.2, -0.15) is 0 Å². The van der Waals surface area contributed by atoms with Crippen LogP contribution in [0, 0.1) is 0 Å². The third-order valence-corrected chi connectivity index (χ3v) is 6.10. The van der Waals surface area contributed by atoms with Crippen molar-refractivity contribution < 1.29 is 19.5 Å². The highest BCUT2D eigenvalue weighted by molar-refractivity contribution is 5.88. The average Bonchev–Trinajstić information content (AvgIpc) is 2.76. The number of carbonyl (C=O) groups excluding carboxylic acids is 2. The second-order valence-corrected chi connectivity index (χ2v) is 9.34. The lowest BCUT2D eigenvalue weighted by Crippen LogP contribution is -2.39. The van der Waals surface area contributed by atoms with Gasteiger partial charge in [0.15, 0.2) is 5.78 Å². The van der Waals surface area contributed by atoms with Crippen LogP contribution in [0.25, 0.3) is 0 Å². The zero-order chi connectivity index (χ0) is 23.9. The van der Waals surface area contributed by atoms with Gasteiger partial charge in [0.25, 0.3) is 0 Å². The van der Waals surface area contributed by atoms with Gasteiger partial charge in [0.05, 0.1) is 6.54 Å². The summed E-state index contributed by atoms with van der Waals surface area (Å²) in [6.45, 7) is 4.01. The number of rotatable bonds is 24. The van der Waals surface area contributed by atoms with Crippen molar-refractivity contribution in [2.24, 2.45) is 0 Å². The molecule has 0 spiro atoms. The van der Waals surface area contributed by atoms with E-state index >= 15 is 0 Å². The van der Waals surface area contributed by atoms with Crippen LogP contribution in [-0.4, -0.2) is 40.8 Å². The van der Waals surface area contributed by atoms with Crippen LogP contribution in [0.15, 0.2) is 0 Å². The Labute approximate surface area is 197 Å². The van der Waals surface area contributed by atoms with E-state index in [0.29, 0.717) is 12.8 Å². The van der Waals surface area contributed by atoms with Crippen LogP contribution >= 0.6 is 0 Å². The molecule has 0 saturated carbocycles. The van der Waals surface area contributed by atoms with Crippen molar-refractivity contribution in [2.75, 3.05) is 13.1 Å². The van der Waals surface area contributed by atoms with Crippen molar-refractivity contribution in [3.63, 3.8) is 0 Å². The van der Waals surface area contributed by atoms with Crippen LogP contribution in [0.2, 0.25) is 0 Å². The summed E-state index contributed by atoms with van der Waals surface area (Å²) in [5.41, 5.74) is 0. The van der Waals surface area contributed by atoms with Gasteiger partial charge in [-0.25, -0.2) is 0 Å². The Morgan fingerprint density at radius 3 is 1.31 bits per heavy atom. The van der Waals surface area contributed by atoms with E-state index in [1.165, 1.54) is 81.9 Å². The molecule has 0 aliphatic rings. The molecule has 0 aliphatic heterocycles. The summed E-state index contributed by atoms with van der Waals surface area (Å²) in [5, 5.41) is 9.12. The Morgan fingerprint density at radius 1 is 0.531 bits per heavy atom. The fourth-order valence-corrected chi connectivity index (χ4v) is 4.07. The number of nitrogens with zero attached hydrogens (tertiary/aromatic N) is 1. The maximum atomic E-state index is 12.5. The lowest BCUT2D eigenvalue weighted by Gasteiger charge is -2.20. The first-order chi connectivity index (χ1) is 15.5. The summed E-state index contributed by atoms with van der Waals surface area (Å²) in [7, 11) is 0. The van der Waals surface area contributed by atoms with Crippen LogP contribution in [0.4, 0.5) is 0 Å². The molecule has 0 aliphatic carbocycles. The quantitative estimate of drug-likeness (QED) is 0.155. The van der Waals surface area contributed by atoms with Gasteiger partial charge >= 0.3 is 5.97 Å². The first-order valence-electron chi connectivity index (χ1n) is 13.5. The largest absolute Gasteiger partial charge is 0.480 e. The number of ketones is 1. The van der Waals surface area contributed by atoms with E-state index in [1.807, 2.05) is 0 Å². The van der Waals surface area contributed by atoms with E-state index in [4.69, 9.17) is 5.11 Å². The van der Waals surface area contributed by atoms with Crippen molar-refractivity contribution >= 4 is 17.7 Å². The molecule has 0 rings (SSSR count). The first-order valence-corrected chi connectivity index (χ1v) is 13.5. The van der Waals surface area contributed by atoms with E-state index < -0.39 is 5.97 Å². The summed E-state index contributed by atoms with van der Waals surface area (Å²) in [5.74, 6) is -1.27. The molecule has 32 heavy (non-hydrogen) atoms. The molecule has 0 bridgehead atoms. The van der Waals surface area contributed by atoms with Crippen molar-refractivity contribution in [3.05, 3.63) is 0 Å². The van der Waals surface area contributed by atoms with Crippen molar-refractivity contribution in [1.29, 1.82) is 0 Å². The maximum absolute atomic E-state index is 12.5. The lowest BCUT2D eigenvalue weighted by atomic mass is 10.0. The van der Waals surface area contributed by atoms with Gasteiger partial charge in [-0.3, -0.25) is 14.4 Å². The molecule has 0 heterocycles. The number of hydrogen-bond acceptors (Lipinski definition) is 3. The minimum atomic E-state index is -1.05. The number of aliphatic carboxylic acids is 1. The van der Waals surface area contributed by atoms with Crippen molar-refractivity contribution in [1.82, 2.24) is 4.90 Å². The summed E-state index contributed by atoms with van der Waals surface area (Å²) < 4.78 is 0. The smallest absolute Gasteiger partial charge is 0.323 e. The van der Waals surface area contributed by atoms with Crippen LogP contribution in [0.1, 0.15) is 142 Å². The molecule has 0 fully saturated rings. The third kappa shape index (κ3) is 20.5. The molecular formula is C27H51NO4. The van der Waals surface area contributed by atoms with Gasteiger partial charge < -0.3 is 10.0 Å². The highest BCUT2D eigenvalue weighted by atomic mass is 16.4. The van der Waals surface area contributed by atoms with Crippen LogP contribution < -0.4 is 0 Å². The molecule has 0 atom stereocenters. The fourth-order valence-electron chi connectivity index (χ4n) is 4.07. The molecule has 0 saturated heterocycles. The van der Waals surface area contributed by atoms with E-state index in [-0.39, 0.29) is 24.8 Å². The summed E-state index contributed by atoms with van der Waals surface area (Å²) >= 11 is 0. The Kier molecular flexibility index (Phi) is 21.8. The van der Waals surface area contributed by atoms with Crippen LogP contribution in [0.3, 0.4) is 0 Å². The van der Waals surface area contributed by atoms with E-state index in [9.17, 15) is 14.4 Å². The van der Waals surface area contributed by atoms with Crippen molar-refractivity contribution in [3.8, 4) is 0 Å². The van der Waals surface area contributed by atoms with Crippen LogP contribution in [-0.2, 0) is 14.4 Å². The van der Waals surface area contributed by atoms with Crippen LogP contribution in [0.5, 0.6) is 0 Å². The minimum Gasteiger partial charge on any atom is -0.480 e. The van der Waals surface area contributed by atoms with Gasteiger partial charge in [0.1, 0.15) is 6.54 Å². The number of amides is 1. The zero-order valence-corrected chi connectivity index (χ0v) is 21.2. The molecule has 0 aromatic heterocycles. The molecule has 5 nitrogen and oxygen atoms in total. The summed E-state index contributed by atoms with van der Waals surface area (Å²) in [4.78, 5) is 37.1.